The van der Waals surface area contributed by atoms with E-state index in [0.29, 0.717) is 24.7 Å². The highest BCUT2D eigenvalue weighted by molar-refractivity contribution is 6.30. The molecular formula is C19H24ClN5O2. The van der Waals surface area contributed by atoms with Gasteiger partial charge in [0.05, 0.1) is 41.5 Å². The molecule has 0 saturated carbocycles. The number of hydrogen-bond acceptors (Lipinski definition) is 5. The van der Waals surface area contributed by atoms with Crippen LogP contribution in [0.2, 0.25) is 5.02 Å². The molecule has 2 aliphatic rings. The number of piperidine rings is 1. The van der Waals surface area contributed by atoms with Crippen LogP contribution in [0.1, 0.15) is 19.8 Å². The topological polar surface area (TPSA) is 63.5 Å². The maximum Gasteiger partial charge on any atom is 0.225 e. The van der Waals surface area contributed by atoms with Crippen LogP contribution in [0.15, 0.2) is 30.9 Å². The average Bonchev–Trinajstić information content (AvgIpc) is 3.14. The Bertz CT molecular complexity index is 803. The summed E-state index contributed by atoms with van der Waals surface area (Å²) in [6, 6.07) is 1.94. The molecule has 0 aliphatic carbocycles. The van der Waals surface area contributed by atoms with E-state index in [1.54, 1.807) is 23.3 Å². The van der Waals surface area contributed by atoms with Crippen molar-refractivity contribution in [2.45, 2.75) is 25.9 Å². The lowest BCUT2D eigenvalue weighted by molar-refractivity contribution is -0.143. The van der Waals surface area contributed by atoms with Crippen LogP contribution in [0.25, 0.3) is 5.69 Å². The monoisotopic (exact) mass is 389 g/mol. The normalized spacial score (nSPS) is 21.5. The first kappa shape index (κ1) is 18.3. The quantitative estimate of drug-likeness (QED) is 0.806. The van der Waals surface area contributed by atoms with Crippen LogP contribution in [0.3, 0.4) is 0 Å². The van der Waals surface area contributed by atoms with Crippen molar-refractivity contribution in [3.05, 3.63) is 35.9 Å². The lowest BCUT2D eigenvalue weighted by Gasteiger charge is -2.38. The molecule has 0 N–H and O–H groups in total. The van der Waals surface area contributed by atoms with Crippen molar-refractivity contribution in [3.8, 4) is 5.69 Å². The van der Waals surface area contributed by atoms with E-state index in [1.165, 1.54) is 0 Å². The zero-order valence-electron chi connectivity index (χ0n) is 15.4. The van der Waals surface area contributed by atoms with Crippen LogP contribution in [0.5, 0.6) is 0 Å². The highest BCUT2D eigenvalue weighted by Crippen LogP contribution is 2.29. The molecule has 2 aliphatic heterocycles. The summed E-state index contributed by atoms with van der Waals surface area (Å²) < 4.78 is 7.32. The summed E-state index contributed by atoms with van der Waals surface area (Å²) in [5.74, 6) is 0.362. The maximum atomic E-state index is 12.8. The molecule has 2 fully saturated rings. The van der Waals surface area contributed by atoms with E-state index in [9.17, 15) is 4.79 Å². The van der Waals surface area contributed by atoms with Crippen molar-refractivity contribution in [1.82, 2.24) is 19.7 Å². The highest BCUT2D eigenvalue weighted by atomic mass is 35.5. The van der Waals surface area contributed by atoms with Gasteiger partial charge in [0.25, 0.3) is 0 Å². The van der Waals surface area contributed by atoms with E-state index in [1.807, 2.05) is 24.1 Å². The Hall–Kier alpha value is -2.12. The first-order valence-electron chi connectivity index (χ1n) is 9.41. The largest absolute Gasteiger partial charge is 0.375 e. The van der Waals surface area contributed by atoms with Gasteiger partial charge in [-0.25, -0.2) is 4.68 Å². The minimum Gasteiger partial charge on any atom is -0.375 e. The number of anilines is 1. The third kappa shape index (κ3) is 3.94. The van der Waals surface area contributed by atoms with E-state index in [0.717, 1.165) is 37.3 Å². The highest BCUT2D eigenvalue weighted by Gasteiger charge is 2.31. The first-order valence-corrected chi connectivity index (χ1v) is 9.79. The van der Waals surface area contributed by atoms with Crippen LogP contribution < -0.4 is 4.90 Å². The van der Waals surface area contributed by atoms with Crippen LogP contribution in [0, 0.1) is 5.92 Å². The second-order valence-corrected chi connectivity index (χ2v) is 7.63. The van der Waals surface area contributed by atoms with Gasteiger partial charge in [-0.3, -0.25) is 9.78 Å². The standard InChI is InChI=1S/C19H24ClN5O2/c1-14-12-24(8-9-27-14)19(26)15-3-6-23(7-4-15)18-11-21-5-2-17(18)25-13-16(20)10-22-25/h2,5,10-11,13-15H,3-4,6-9,12H2,1H3. The van der Waals surface area contributed by atoms with Crippen molar-refractivity contribution >= 4 is 23.2 Å². The third-order valence-corrected chi connectivity index (χ3v) is 5.51. The lowest BCUT2D eigenvalue weighted by Crippen LogP contribution is -2.49. The molecule has 4 heterocycles. The van der Waals surface area contributed by atoms with E-state index < -0.39 is 0 Å². The smallest absolute Gasteiger partial charge is 0.225 e. The molecule has 144 valence electrons. The Morgan fingerprint density at radius 3 is 2.74 bits per heavy atom. The lowest BCUT2D eigenvalue weighted by atomic mass is 9.94. The number of nitrogens with zero attached hydrogens (tertiary/aromatic N) is 5. The number of hydrogen-bond donors (Lipinski definition) is 0. The molecule has 1 atom stereocenters. The van der Waals surface area contributed by atoms with Gasteiger partial charge in [0.15, 0.2) is 0 Å². The van der Waals surface area contributed by atoms with Gasteiger partial charge >= 0.3 is 0 Å². The van der Waals surface area contributed by atoms with Gasteiger partial charge in [0, 0.05) is 44.5 Å². The fraction of sp³-hybridized carbons (Fsp3) is 0.526. The summed E-state index contributed by atoms with van der Waals surface area (Å²) in [5, 5.41) is 4.91. The minimum absolute atomic E-state index is 0.0887. The Kier molecular flexibility index (Phi) is 5.31. The van der Waals surface area contributed by atoms with Crippen molar-refractivity contribution in [3.63, 3.8) is 0 Å². The van der Waals surface area contributed by atoms with Crippen LogP contribution in [0.4, 0.5) is 5.69 Å². The number of amides is 1. The van der Waals surface area contributed by atoms with Crippen molar-refractivity contribution in [2.75, 3.05) is 37.7 Å². The van der Waals surface area contributed by atoms with Gasteiger partial charge in [0.1, 0.15) is 0 Å². The second kappa shape index (κ2) is 7.86. The number of pyridine rings is 1. The van der Waals surface area contributed by atoms with Gasteiger partial charge in [0.2, 0.25) is 5.91 Å². The summed E-state index contributed by atoms with van der Waals surface area (Å²) in [5.41, 5.74) is 1.96. The molecule has 2 saturated heterocycles. The van der Waals surface area contributed by atoms with Crippen molar-refractivity contribution in [2.24, 2.45) is 5.92 Å². The molecule has 0 spiro atoms. The molecule has 7 nitrogen and oxygen atoms in total. The Labute approximate surface area is 163 Å². The van der Waals surface area contributed by atoms with Crippen molar-refractivity contribution < 1.29 is 9.53 Å². The van der Waals surface area contributed by atoms with E-state index in [-0.39, 0.29) is 17.9 Å². The van der Waals surface area contributed by atoms with E-state index in [2.05, 4.69) is 15.0 Å². The number of ether oxygens (including phenoxy) is 1. The molecule has 0 radical (unpaired) electrons. The molecule has 4 rings (SSSR count). The zero-order chi connectivity index (χ0) is 18.8. The number of morpholine rings is 1. The third-order valence-electron chi connectivity index (χ3n) is 5.31. The summed E-state index contributed by atoms with van der Waals surface area (Å²) in [4.78, 5) is 21.4. The molecule has 0 aromatic carbocycles. The van der Waals surface area contributed by atoms with E-state index >= 15 is 0 Å². The predicted molar refractivity (Wildman–Crippen MR) is 103 cm³/mol. The Morgan fingerprint density at radius 2 is 2.04 bits per heavy atom. The number of halogens is 1. The fourth-order valence-electron chi connectivity index (χ4n) is 3.89. The maximum absolute atomic E-state index is 12.8. The Morgan fingerprint density at radius 1 is 1.22 bits per heavy atom. The van der Waals surface area contributed by atoms with Gasteiger partial charge in [-0.2, -0.15) is 5.10 Å². The molecule has 27 heavy (non-hydrogen) atoms. The van der Waals surface area contributed by atoms with Crippen LogP contribution in [-0.2, 0) is 9.53 Å². The zero-order valence-corrected chi connectivity index (χ0v) is 16.2. The van der Waals surface area contributed by atoms with Gasteiger partial charge in [-0.05, 0) is 25.8 Å². The summed E-state index contributed by atoms with van der Waals surface area (Å²) >= 11 is 6.02. The average molecular weight is 390 g/mol. The molecule has 2 aromatic rings. The fourth-order valence-corrected chi connectivity index (χ4v) is 4.03. The molecule has 1 unspecified atom stereocenters. The predicted octanol–water partition coefficient (Wildman–Crippen LogP) is 2.38. The van der Waals surface area contributed by atoms with Crippen LogP contribution in [-0.4, -0.2) is 64.5 Å². The molecule has 1 amide bonds. The van der Waals surface area contributed by atoms with Crippen LogP contribution >= 0.6 is 11.6 Å². The molecule has 0 bridgehead atoms. The SMILES string of the molecule is CC1CN(C(=O)C2CCN(c3cnccc3-n3cc(Cl)cn3)CC2)CCO1. The summed E-state index contributed by atoms with van der Waals surface area (Å²) in [6.07, 6.45) is 8.84. The van der Waals surface area contributed by atoms with Crippen molar-refractivity contribution in [1.29, 1.82) is 0 Å². The number of carbonyl (C=O) groups is 1. The molecular weight excluding hydrogens is 366 g/mol. The molecule has 2 aromatic heterocycles. The number of carbonyl (C=O) groups excluding carboxylic acids is 1. The second-order valence-electron chi connectivity index (χ2n) is 7.19. The van der Waals surface area contributed by atoms with Gasteiger partial charge in [-0.1, -0.05) is 11.6 Å². The summed E-state index contributed by atoms with van der Waals surface area (Å²) in [7, 11) is 0. The Balaban J connectivity index is 1.43. The van der Waals surface area contributed by atoms with Gasteiger partial charge < -0.3 is 14.5 Å². The van der Waals surface area contributed by atoms with E-state index in [4.69, 9.17) is 16.3 Å². The molecule has 8 heteroatoms. The number of aromatic nitrogens is 3. The van der Waals surface area contributed by atoms with Gasteiger partial charge in [-0.15, -0.1) is 0 Å². The first-order chi connectivity index (χ1) is 13.1. The minimum atomic E-state index is 0.0887. The summed E-state index contributed by atoms with van der Waals surface area (Å²) in [6.45, 7) is 5.71. The number of rotatable bonds is 3.